The van der Waals surface area contributed by atoms with Gasteiger partial charge in [-0.15, -0.1) is 0 Å². The maximum absolute atomic E-state index is 12.0. The highest BCUT2D eigenvalue weighted by Gasteiger charge is 2.58. The minimum absolute atomic E-state index is 0.279. The molecule has 3 aliphatic rings. The summed E-state index contributed by atoms with van der Waals surface area (Å²) in [6.07, 6.45) is 0.474. The molecular formula is C10H16N2O2. The van der Waals surface area contributed by atoms with Gasteiger partial charge in [0.25, 0.3) is 0 Å². The van der Waals surface area contributed by atoms with E-state index >= 15 is 0 Å². The van der Waals surface area contributed by atoms with Gasteiger partial charge in [-0.05, 0) is 31.3 Å². The Morgan fingerprint density at radius 2 is 2.07 bits per heavy atom. The summed E-state index contributed by atoms with van der Waals surface area (Å²) in [6, 6.07) is 0. The van der Waals surface area contributed by atoms with E-state index < -0.39 is 0 Å². The van der Waals surface area contributed by atoms with Crippen molar-refractivity contribution in [2.75, 3.05) is 26.2 Å². The van der Waals surface area contributed by atoms with Crippen molar-refractivity contribution in [2.24, 2.45) is 17.8 Å². The Morgan fingerprint density at radius 1 is 1.36 bits per heavy atom. The van der Waals surface area contributed by atoms with Crippen molar-refractivity contribution in [1.82, 2.24) is 10.2 Å². The number of piperidine rings is 1. The van der Waals surface area contributed by atoms with E-state index in [1.54, 1.807) is 0 Å². The van der Waals surface area contributed by atoms with Crippen LogP contribution in [0.15, 0.2) is 0 Å². The van der Waals surface area contributed by atoms with Crippen LogP contribution in [0.4, 0.5) is 0 Å². The van der Waals surface area contributed by atoms with Gasteiger partial charge in [0.15, 0.2) is 0 Å². The third-order valence-electron chi connectivity index (χ3n) is 3.85. The maximum Gasteiger partial charge on any atom is 0.226 e. The van der Waals surface area contributed by atoms with E-state index in [1.165, 1.54) is 0 Å². The van der Waals surface area contributed by atoms with Crippen LogP contribution in [-0.2, 0) is 4.79 Å². The second-order valence-corrected chi connectivity index (χ2v) is 4.74. The van der Waals surface area contributed by atoms with Crippen molar-refractivity contribution in [2.45, 2.75) is 12.5 Å². The summed E-state index contributed by atoms with van der Waals surface area (Å²) in [5, 5.41) is 12.6. The molecule has 0 radical (unpaired) electrons. The first-order valence-electron chi connectivity index (χ1n) is 5.45. The van der Waals surface area contributed by atoms with Crippen LogP contribution in [0.5, 0.6) is 0 Å². The highest BCUT2D eigenvalue weighted by molar-refractivity contribution is 5.83. The lowest BCUT2D eigenvalue weighted by atomic mass is 10.2. The lowest BCUT2D eigenvalue weighted by Gasteiger charge is -2.16. The number of aliphatic hydroxyl groups is 1. The Bertz CT molecular complexity index is 255. The first-order chi connectivity index (χ1) is 6.77. The molecule has 0 bridgehead atoms. The summed E-state index contributed by atoms with van der Waals surface area (Å²) in [7, 11) is 0. The van der Waals surface area contributed by atoms with Gasteiger partial charge in [-0.25, -0.2) is 0 Å². The fourth-order valence-corrected chi connectivity index (χ4v) is 2.94. The van der Waals surface area contributed by atoms with E-state index in [0.717, 1.165) is 26.1 Å². The number of hydrogen-bond acceptors (Lipinski definition) is 3. The van der Waals surface area contributed by atoms with Gasteiger partial charge >= 0.3 is 0 Å². The Labute approximate surface area is 83.3 Å². The van der Waals surface area contributed by atoms with Crippen LogP contribution in [0.2, 0.25) is 0 Å². The van der Waals surface area contributed by atoms with Gasteiger partial charge in [0.1, 0.15) is 0 Å². The van der Waals surface area contributed by atoms with Gasteiger partial charge in [-0.3, -0.25) is 4.79 Å². The number of nitrogens with one attached hydrogen (secondary N) is 1. The normalized spacial score (nSPS) is 45.4. The van der Waals surface area contributed by atoms with Crippen molar-refractivity contribution in [1.29, 1.82) is 0 Å². The van der Waals surface area contributed by atoms with Crippen LogP contribution in [0.25, 0.3) is 0 Å². The van der Waals surface area contributed by atoms with E-state index in [4.69, 9.17) is 0 Å². The molecule has 1 amide bonds. The highest BCUT2D eigenvalue weighted by atomic mass is 16.3. The lowest BCUT2D eigenvalue weighted by Crippen LogP contribution is -2.33. The van der Waals surface area contributed by atoms with Crippen LogP contribution in [-0.4, -0.2) is 48.2 Å². The van der Waals surface area contributed by atoms with E-state index in [9.17, 15) is 9.90 Å². The lowest BCUT2D eigenvalue weighted by molar-refractivity contribution is -0.132. The molecule has 4 atom stereocenters. The predicted molar refractivity (Wildman–Crippen MR) is 50.5 cm³/mol. The van der Waals surface area contributed by atoms with Crippen molar-refractivity contribution in [3.8, 4) is 0 Å². The Morgan fingerprint density at radius 3 is 2.64 bits per heavy atom. The van der Waals surface area contributed by atoms with E-state index in [2.05, 4.69) is 5.32 Å². The van der Waals surface area contributed by atoms with Crippen molar-refractivity contribution < 1.29 is 9.90 Å². The first kappa shape index (κ1) is 8.68. The van der Waals surface area contributed by atoms with Gasteiger partial charge in [-0.1, -0.05) is 0 Å². The number of amides is 1. The minimum Gasteiger partial charge on any atom is -0.391 e. The quantitative estimate of drug-likeness (QED) is 0.568. The average molecular weight is 196 g/mol. The van der Waals surface area contributed by atoms with Crippen molar-refractivity contribution >= 4 is 5.91 Å². The molecule has 4 heteroatoms. The van der Waals surface area contributed by atoms with Gasteiger partial charge < -0.3 is 15.3 Å². The van der Waals surface area contributed by atoms with Crippen LogP contribution < -0.4 is 5.32 Å². The smallest absolute Gasteiger partial charge is 0.226 e. The number of hydrogen-bond donors (Lipinski definition) is 2. The summed E-state index contributed by atoms with van der Waals surface area (Å²) in [5.74, 6) is 1.76. The number of carbonyl (C=O) groups excluding carboxylic acids is 1. The standard InChI is InChI=1S/C10H16N2O2/c13-6-1-2-12(5-6)10(14)9-7-3-11-4-8(7)9/h6-9,11,13H,1-5H2/t6-,7-,8+,9?/m1/s1. The Balaban J connectivity index is 1.61. The predicted octanol–water partition coefficient (Wildman–Crippen LogP) is -0.955. The largest absolute Gasteiger partial charge is 0.391 e. The van der Waals surface area contributed by atoms with Gasteiger partial charge in [0.05, 0.1) is 6.10 Å². The van der Waals surface area contributed by atoms with E-state index in [1.807, 2.05) is 4.90 Å². The van der Waals surface area contributed by atoms with Crippen LogP contribution in [0.1, 0.15) is 6.42 Å². The Kier molecular flexibility index (Phi) is 1.82. The van der Waals surface area contributed by atoms with Crippen LogP contribution >= 0.6 is 0 Å². The number of rotatable bonds is 1. The monoisotopic (exact) mass is 196 g/mol. The molecule has 1 saturated carbocycles. The summed E-state index contributed by atoms with van der Waals surface area (Å²) in [4.78, 5) is 13.8. The summed E-state index contributed by atoms with van der Waals surface area (Å²) < 4.78 is 0. The molecule has 4 nitrogen and oxygen atoms in total. The third-order valence-corrected chi connectivity index (χ3v) is 3.85. The topological polar surface area (TPSA) is 52.6 Å². The molecule has 1 unspecified atom stereocenters. The molecule has 2 aliphatic heterocycles. The summed E-state index contributed by atoms with van der Waals surface area (Å²) >= 11 is 0. The molecule has 78 valence electrons. The van der Waals surface area contributed by atoms with E-state index in [0.29, 0.717) is 18.4 Å². The third kappa shape index (κ3) is 1.17. The molecule has 2 heterocycles. The average Bonchev–Trinajstić information content (AvgIpc) is 2.56. The molecule has 0 spiro atoms. The van der Waals surface area contributed by atoms with Gasteiger partial charge in [0, 0.05) is 19.0 Å². The molecule has 2 N–H and O–H groups in total. The number of carbonyl (C=O) groups is 1. The molecule has 2 saturated heterocycles. The molecule has 3 rings (SSSR count). The zero-order valence-electron chi connectivity index (χ0n) is 8.15. The molecule has 0 aromatic carbocycles. The number of aliphatic hydroxyl groups excluding tert-OH is 1. The van der Waals surface area contributed by atoms with E-state index in [-0.39, 0.29) is 17.9 Å². The molecule has 3 fully saturated rings. The Hall–Kier alpha value is -0.610. The molecule has 0 aromatic heterocycles. The van der Waals surface area contributed by atoms with Crippen molar-refractivity contribution in [3.63, 3.8) is 0 Å². The highest BCUT2D eigenvalue weighted by Crippen LogP contribution is 2.49. The van der Waals surface area contributed by atoms with Gasteiger partial charge in [0.2, 0.25) is 5.91 Å². The zero-order valence-corrected chi connectivity index (χ0v) is 8.15. The molecular weight excluding hydrogens is 180 g/mol. The summed E-state index contributed by atoms with van der Waals surface area (Å²) in [6.45, 7) is 3.33. The van der Waals surface area contributed by atoms with Crippen LogP contribution in [0, 0.1) is 17.8 Å². The first-order valence-corrected chi connectivity index (χ1v) is 5.45. The SMILES string of the molecule is O=C(C1[C@H]2CNC[C@@H]12)N1CC[C@@H](O)C1. The molecule has 0 aromatic rings. The van der Waals surface area contributed by atoms with Gasteiger partial charge in [-0.2, -0.15) is 0 Å². The number of fused-ring (bicyclic) bond motifs is 1. The number of β-amino-alcohol motifs (C(OH)–C–C–N with tert-alkyl or cyclic N) is 1. The second-order valence-electron chi connectivity index (χ2n) is 4.74. The number of nitrogens with zero attached hydrogens (tertiary/aromatic N) is 1. The van der Waals surface area contributed by atoms with Crippen LogP contribution in [0.3, 0.4) is 0 Å². The fraction of sp³-hybridized carbons (Fsp3) is 0.900. The zero-order chi connectivity index (χ0) is 9.71. The number of likely N-dealkylation sites (tertiary alicyclic amines) is 1. The minimum atomic E-state index is -0.282. The molecule has 14 heavy (non-hydrogen) atoms. The van der Waals surface area contributed by atoms with Crippen molar-refractivity contribution in [3.05, 3.63) is 0 Å². The summed E-state index contributed by atoms with van der Waals surface area (Å²) in [5.41, 5.74) is 0. The molecule has 1 aliphatic carbocycles. The fourth-order valence-electron chi connectivity index (χ4n) is 2.94. The maximum atomic E-state index is 12.0. The second kappa shape index (κ2) is 2.94.